The highest BCUT2D eigenvalue weighted by Crippen LogP contribution is 2.25. The van der Waals surface area contributed by atoms with Gasteiger partial charge < -0.3 is 0 Å². The maximum atomic E-state index is 3.44. The van der Waals surface area contributed by atoms with E-state index in [1.54, 1.807) is 11.8 Å². The Kier molecular flexibility index (Phi) is 3.49. The van der Waals surface area contributed by atoms with Crippen molar-refractivity contribution >= 4 is 27.7 Å². The maximum absolute atomic E-state index is 3.44. The van der Waals surface area contributed by atoms with Crippen LogP contribution in [0, 0.1) is 0 Å². The Morgan fingerprint density at radius 1 is 0.933 bits per heavy atom. The van der Waals surface area contributed by atoms with Crippen molar-refractivity contribution in [2.75, 3.05) is 6.26 Å². The monoisotopic (exact) mass is 278 g/mol. The summed E-state index contributed by atoms with van der Waals surface area (Å²) in [5, 5.41) is 0. The summed E-state index contributed by atoms with van der Waals surface area (Å²) < 4.78 is 1.12. The topological polar surface area (TPSA) is 0 Å². The van der Waals surface area contributed by atoms with Gasteiger partial charge >= 0.3 is 0 Å². The zero-order valence-corrected chi connectivity index (χ0v) is 10.8. The molecule has 0 spiro atoms. The van der Waals surface area contributed by atoms with Gasteiger partial charge in [0.15, 0.2) is 0 Å². The number of hydrogen-bond acceptors (Lipinski definition) is 1. The molecule has 0 aliphatic rings. The van der Waals surface area contributed by atoms with Gasteiger partial charge in [0.05, 0.1) is 0 Å². The van der Waals surface area contributed by atoms with Gasteiger partial charge in [-0.05, 0) is 41.6 Å². The summed E-state index contributed by atoms with van der Waals surface area (Å²) in [6.45, 7) is 0. The molecule has 2 heteroatoms. The number of benzene rings is 2. The molecule has 76 valence electrons. The fourth-order valence-corrected chi connectivity index (χ4v) is 2.17. The first kappa shape index (κ1) is 10.8. The van der Waals surface area contributed by atoms with Crippen LogP contribution < -0.4 is 0 Å². The minimum atomic E-state index is 1.12. The van der Waals surface area contributed by atoms with Crippen LogP contribution in [0.1, 0.15) is 0 Å². The van der Waals surface area contributed by atoms with E-state index in [9.17, 15) is 0 Å². The molecule has 0 bridgehead atoms. The molecule has 0 amide bonds. The second-order valence-electron chi connectivity index (χ2n) is 3.24. The van der Waals surface area contributed by atoms with E-state index in [0.29, 0.717) is 0 Å². The van der Waals surface area contributed by atoms with Crippen LogP contribution in [0.2, 0.25) is 0 Å². The third-order valence-electron chi connectivity index (χ3n) is 2.25. The molecule has 0 aromatic heterocycles. The smallest absolute Gasteiger partial charge is 0.0175 e. The van der Waals surface area contributed by atoms with Crippen molar-refractivity contribution < 1.29 is 0 Å². The summed E-state index contributed by atoms with van der Waals surface area (Å²) >= 11 is 5.21. The molecule has 0 N–H and O–H groups in total. The third kappa shape index (κ3) is 2.64. The molecule has 0 atom stereocenters. The predicted octanol–water partition coefficient (Wildman–Crippen LogP) is 4.84. The normalized spacial score (nSPS) is 10.3. The molecule has 0 aliphatic carbocycles. The second-order valence-corrected chi connectivity index (χ2v) is 5.03. The number of thioether (sulfide) groups is 1. The SMILES string of the molecule is CSc1cccc(-c2ccc(Br)cc2)c1. The lowest BCUT2D eigenvalue weighted by Crippen LogP contribution is -1.78. The van der Waals surface area contributed by atoms with Crippen LogP contribution in [-0.2, 0) is 0 Å². The average molecular weight is 279 g/mol. The Balaban J connectivity index is 2.40. The molecule has 0 aliphatic heterocycles. The van der Waals surface area contributed by atoms with Gasteiger partial charge in [-0.2, -0.15) is 0 Å². The lowest BCUT2D eigenvalue weighted by molar-refractivity contribution is 1.46. The van der Waals surface area contributed by atoms with Crippen LogP contribution in [0.15, 0.2) is 57.9 Å². The lowest BCUT2D eigenvalue weighted by atomic mass is 10.1. The molecule has 2 rings (SSSR count). The van der Waals surface area contributed by atoms with Gasteiger partial charge in [0.2, 0.25) is 0 Å². The summed E-state index contributed by atoms with van der Waals surface area (Å²) in [5.41, 5.74) is 2.53. The van der Waals surface area contributed by atoms with Gasteiger partial charge in [-0.15, -0.1) is 11.8 Å². The van der Waals surface area contributed by atoms with Gasteiger partial charge in [-0.3, -0.25) is 0 Å². The first-order valence-corrected chi connectivity index (χ1v) is 6.71. The summed E-state index contributed by atoms with van der Waals surface area (Å²) in [5.74, 6) is 0. The Hall–Kier alpha value is -0.730. The number of halogens is 1. The van der Waals surface area contributed by atoms with Crippen molar-refractivity contribution in [1.82, 2.24) is 0 Å². The number of rotatable bonds is 2. The van der Waals surface area contributed by atoms with E-state index in [2.05, 4.69) is 70.7 Å². The van der Waals surface area contributed by atoms with E-state index in [1.165, 1.54) is 16.0 Å². The van der Waals surface area contributed by atoms with E-state index in [-0.39, 0.29) is 0 Å². The molecule has 0 saturated carbocycles. The number of hydrogen-bond donors (Lipinski definition) is 0. The van der Waals surface area contributed by atoms with Gasteiger partial charge in [-0.25, -0.2) is 0 Å². The minimum Gasteiger partial charge on any atom is -0.130 e. The van der Waals surface area contributed by atoms with E-state index >= 15 is 0 Å². The molecule has 0 unspecified atom stereocenters. The maximum Gasteiger partial charge on any atom is 0.0175 e. The Morgan fingerprint density at radius 2 is 1.67 bits per heavy atom. The third-order valence-corrected chi connectivity index (χ3v) is 3.50. The molecule has 0 saturated heterocycles. The average Bonchev–Trinajstić information content (AvgIpc) is 2.30. The highest BCUT2D eigenvalue weighted by Gasteiger charge is 1.98. The molecular weight excluding hydrogens is 268 g/mol. The van der Waals surface area contributed by atoms with Crippen molar-refractivity contribution in [2.24, 2.45) is 0 Å². The summed E-state index contributed by atoms with van der Waals surface area (Å²) in [7, 11) is 0. The summed E-state index contributed by atoms with van der Waals surface area (Å²) in [6, 6.07) is 17.0. The highest BCUT2D eigenvalue weighted by atomic mass is 79.9. The molecule has 0 nitrogen and oxygen atoms in total. The second kappa shape index (κ2) is 4.86. The Morgan fingerprint density at radius 3 is 2.33 bits per heavy atom. The molecule has 2 aromatic carbocycles. The zero-order chi connectivity index (χ0) is 10.7. The van der Waals surface area contributed by atoms with E-state index in [0.717, 1.165) is 4.47 Å². The van der Waals surface area contributed by atoms with Gasteiger partial charge in [-0.1, -0.05) is 40.2 Å². The van der Waals surface area contributed by atoms with E-state index < -0.39 is 0 Å². The van der Waals surface area contributed by atoms with Crippen molar-refractivity contribution in [3.63, 3.8) is 0 Å². The van der Waals surface area contributed by atoms with Crippen LogP contribution in [0.4, 0.5) is 0 Å². The first-order valence-electron chi connectivity index (χ1n) is 4.69. The Labute approximate surface area is 103 Å². The molecule has 2 aromatic rings. The van der Waals surface area contributed by atoms with E-state index in [1.807, 2.05) is 0 Å². The van der Waals surface area contributed by atoms with Crippen LogP contribution >= 0.6 is 27.7 Å². The molecule has 0 radical (unpaired) electrons. The lowest BCUT2D eigenvalue weighted by Gasteiger charge is -2.03. The fourth-order valence-electron chi connectivity index (χ4n) is 1.44. The standard InChI is InChI=1S/C13H11BrS/c1-15-13-4-2-3-11(9-13)10-5-7-12(14)8-6-10/h2-9H,1H3. The van der Waals surface area contributed by atoms with Crippen molar-refractivity contribution in [2.45, 2.75) is 4.90 Å². The Bertz CT molecular complexity index is 448. The fraction of sp³-hybridized carbons (Fsp3) is 0.0769. The quantitative estimate of drug-likeness (QED) is 0.709. The van der Waals surface area contributed by atoms with Crippen LogP contribution in [-0.4, -0.2) is 6.26 Å². The van der Waals surface area contributed by atoms with Crippen LogP contribution in [0.3, 0.4) is 0 Å². The van der Waals surface area contributed by atoms with Crippen molar-refractivity contribution in [3.05, 3.63) is 53.0 Å². The van der Waals surface area contributed by atoms with Crippen molar-refractivity contribution in [3.8, 4) is 11.1 Å². The summed E-state index contributed by atoms with van der Waals surface area (Å²) in [4.78, 5) is 1.30. The minimum absolute atomic E-state index is 1.12. The largest absolute Gasteiger partial charge is 0.130 e. The highest BCUT2D eigenvalue weighted by molar-refractivity contribution is 9.10. The van der Waals surface area contributed by atoms with Gasteiger partial charge in [0.25, 0.3) is 0 Å². The predicted molar refractivity (Wildman–Crippen MR) is 71.4 cm³/mol. The van der Waals surface area contributed by atoms with Gasteiger partial charge in [0, 0.05) is 9.37 Å². The molecule has 0 heterocycles. The summed E-state index contributed by atoms with van der Waals surface area (Å²) in [6.07, 6.45) is 2.10. The van der Waals surface area contributed by atoms with Crippen LogP contribution in [0.25, 0.3) is 11.1 Å². The zero-order valence-electron chi connectivity index (χ0n) is 8.41. The van der Waals surface area contributed by atoms with Crippen molar-refractivity contribution in [1.29, 1.82) is 0 Å². The van der Waals surface area contributed by atoms with Gasteiger partial charge in [0.1, 0.15) is 0 Å². The first-order chi connectivity index (χ1) is 7.29. The van der Waals surface area contributed by atoms with Crippen LogP contribution in [0.5, 0.6) is 0 Å². The van der Waals surface area contributed by atoms with E-state index in [4.69, 9.17) is 0 Å². The molecule has 15 heavy (non-hydrogen) atoms. The molecular formula is C13H11BrS. The molecule has 0 fully saturated rings.